The number of para-hydroxylation sites is 2. The van der Waals surface area contributed by atoms with Gasteiger partial charge in [-0.3, -0.25) is 4.79 Å². The first-order valence-corrected chi connectivity index (χ1v) is 5.85. The Morgan fingerprint density at radius 1 is 1.47 bits per heavy atom. The normalized spacial score (nSPS) is 10.7. The van der Waals surface area contributed by atoms with E-state index in [1.807, 2.05) is 24.3 Å². The van der Waals surface area contributed by atoms with Crippen molar-refractivity contribution in [1.29, 1.82) is 0 Å². The first kappa shape index (κ1) is 11.9. The minimum atomic E-state index is -0.0880. The minimum absolute atomic E-state index is 0.0880. The fourth-order valence-corrected chi connectivity index (χ4v) is 1.83. The fraction of sp³-hybridized carbons (Fsp3) is 0.231. The van der Waals surface area contributed by atoms with Crippen molar-refractivity contribution in [2.24, 2.45) is 0 Å². The van der Waals surface area contributed by atoms with Crippen LogP contribution in [0.2, 0.25) is 0 Å². The Morgan fingerprint density at radius 3 is 2.88 bits per heavy atom. The topological polar surface area (TPSA) is 34.9 Å². The molecule has 0 N–H and O–H groups in total. The van der Waals surface area contributed by atoms with Crippen LogP contribution in [0.5, 0.6) is 0 Å². The van der Waals surface area contributed by atoms with Gasteiger partial charge in [-0.15, -0.1) is 11.6 Å². The Labute approximate surface area is 104 Å². The van der Waals surface area contributed by atoms with Gasteiger partial charge in [-0.1, -0.05) is 18.7 Å². The number of nitrogens with zero attached hydrogens (tertiary/aromatic N) is 2. The fourth-order valence-electron chi connectivity index (χ4n) is 1.74. The van der Waals surface area contributed by atoms with Gasteiger partial charge in [0.05, 0.1) is 11.0 Å². The summed E-state index contributed by atoms with van der Waals surface area (Å²) in [7, 11) is 0. The molecule has 2 rings (SSSR count). The lowest BCUT2D eigenvalue weighted by Gasteiger charge is -2.11. The van der Waals surface area contributed by atoms with Crippen molar-refractivity contribution in [3.63, 3.8) is 0 Å². The van der Waals surface area contributed by atoms with E-state index >= 15 is 0 Å². The number of aromatic nitrogens is 2. The summed E-state index contributed by atoms with van der Waals surface area (Å²) in [5.74, 6) is 0.349. The number of benzene rings is 1. The van der Waals surface area contributed by atoms with Crippen LogP contribution >= 0.6 is 11.6 Å². The highest BCUT2D eigenvalue weighted by molar-refractivity contribution is 6.19. The van der Waals surface area contributed by atoms with Crippen molar-refractivity contribution < 1.29 is 0 Å². The summed E-state index contributed by atoms with van der Waals surface area (Å²) >= 11 is 5.71. The zero-order chi connectivity index (χ0) is 12.4. The van der Waals surface area contributed by atoms with Gasteiger partial charge in [0.1, 0.15) is 5.69 Å². The Bertz CT molecular complexity index is 631. The zero-order valence-electron chi connectivity index (χ0n) is 9.61. The molecule has 1 aromatic carbocycles. The van der Waals surface area contributed by atoms with Gasteiger partial charge in [-0.2, -0.15) is 0 Å². The van der Waals surface area contributed by atoms with Crippen LogP contribution in [0.3, 0.4) is 0 Å². The van der Waals surface area contributed by atoms with Gasteiger partial charge in [-0.25, -0.2) is 4.98 Å². The summed E-state index contributed by atoms with van der Waals surface area (Å²) < 4.78 is 1.67. The maximum atomic E-state index is 12.1. The predicted molar refractivity (Wildman–Crippen MR) is 70.6 cm³/mol. The summed E-state index contributed by atoms with van der Waals surface area (Å²) in [5.41, 5.74) is 2.84. The van der Waals surface area contributed by atoms with Crippen molar-refractivity contribution in [1.82, 2.24) is 9.55 Å². The van der Waals surface area contributed by atoms with Crippen LogP contribution in [0.1, 0.15) is 5.69 Å². The summed E-state index contributed by atoms with van der Waals surface area (Å²) in [5, 5.41) is 0. The highest BCUT2D eigenvalue weighted by Crippen LogP contribution is 2.11. The second-order valence-corrected chi connectivity index (χ2v) is 4.23. The summed E-state index contributed by atoms with van der Waals surface area (Å²) in [6, 6.07) is 7.56. The van der Waals surface area contributed by atoms with Crippen LogP contribution in [0.15, 0.2) is 41.2 Å². The van der Waals surface area contributed by atoms with Gasteiger partial charge in [0.25, 0.3) is 5.56 Å². The smallest absolute Gasteiger partial charge is 0.272 e. The molecule has 0 aliphatic heterocycles. The van der Waals surface area contributed by atoms with Crippen LogP contribution in [-0.2, 0) is 6.54 Å². The van der Waals surface area contributed by atoms with Crippen molar-refractivity contribution in [3.8, 4) is 0 Å². The van der Waals surface area contributed by atoms with Gasteiger partial charge in [0.15, 0.2) is 0 Å². The molecule has 0 fully saturated rings. The molecular weight excluding hydrogens is 236 g/mol. The van der Waals surface area contributed by atoms with E-state index in [9.17, 15) is 4.79 Å². The van der Waals surface area contributed by atoms with Crippen LogP contribution in [0.4, 0.5) is 0 Å². The number of alkyl halides is 1. The molecule has 17 heavy (non-hydrogen) atoms. The van der Waals surface area contributed by atoms with Crippen molar-refractivity contribution in [3.05, 3.63) is 52.5 Å². The number of rotatable bonds is 3. The average Bonchev–Trinajstić information content (AvgIpc) is 2.34. The molecule has 2 aromatic rings. The molecule has 0 unspecified atom stereocenters. The van der Waals surface area contributed by atoms with Gasteiger partial charge in [-0.05, 0) is 24.6 Å². The Kier molecular flexibility index (Phi) is 3.29. The van der Waals surface area contributed by atoms with E-state index in [-0.39, 0.29) is 5.56 Å². The van der Waals surface area contributed by atoms with E-state index in [0.29, 0.717) is 18.1 Å². The second-order valence-electron chi connectivity index (χ2n) is 3.96. The molecule has 0 aliphatic carbocycles. The Balaban J connectivity index is 2.70. The Morgan fingerprint density at radius 2 is 2.18 bits per heavy atom. The van der Waals surface area contributed by atoms with Crippen molar-refractivity contribution in [2.75, 3.05) is 5.88 Å². The van der Waals surface area contributed by atoms with Gasteiger partial charge < -0.3 is 4.57 Å². The van der Waals surface area contributed by atoms with E-state index < -0.39 is 0 Å². The molecule has 4 heteroatoms. The first-order chi connectivity index (χ1) is 8.13. The molecule has 0 amide bonds. The molecule has 0 atom stereocenters. The van der Waals surface area contributed by atoms with Crippen molar-refractivity contribution >= 4 is 22.6 Å². The predicted octanol–water partition coefficient (Wildman–Crippen LogP) is 2.50. The highest BCUT2D eigenvalue weighted by Gasteiger charge is 2.07. The van der Waals surface area contributed by atoms with E-state index in [0.717, 1.165) is 16.6 Å². The molecule has 88 valence electrons. The number of fused-ring (bicyclic) bond motifs is 1. The van der Waals surface area contributed by atoms with E-state index in [4.69, 9.17) is 11.6 Å². The first-order valence-electron chi connectivity index (χ1n) is 5.32. The number of hydrogen-bond donors (Lipinski definition) is 0. The maximum Gasteiger partial charge on any atom is 0.272 e. The highest BCUT2D eigenvalue weighted by atomic mass is 35.5. The monoisotopic (exact) mass is 248 g/mol. The van der Waals surface area contributed by atoms with E-state index in [2.05, 4.69) is 11.6 Å². The lowest BCUT2D eigenvalue weighted by atomic mass is 10.2. The molecule has 0 spiro atoms. The molecule has 0 saturated heterocycles. The third-order valence-electron chi connectivity index (χ3n) is 2.59. The zero-order valence-corrected chi connectivity index (χ0v) is 10.4. The minimum Gasteiger partial charge on any atom is -0.301 e. The van der Waals surface area contributed by atoms with Crippen LogP contribution < -0.4 is 5.56 Å². The van der Waals surface area contributed by atoms with Gasteiger partial charge in [0, 0.05) is 12.4 Å². The summed E-state index contributed by atoms with van der Waals surface area (Å²) in [6.07, 6.45) is 0. The lowest BCUT2D eigenvalue weighted by Crippen LogP contribution is -2.25. The van der Waals surface area contributed by atoms with Gasteiger partial charge >= 0.3 is 0 Å². The van der Waals surface area contributed by atoms with E-state index in [1.54, 1.807) is 11.5 Å². The van der Waals surface area contributed by atoms with Crippen molar-refractivity contribution in [2.45, 2.75) is 13.5 Å². The molecule has 1 aromatic heterocycles. The summed E-state index contributed by atoms with van der Waals surface area (Å²) in [6.45, 7) is 5.99. The molecule has 0 saturated carbocycles. The third-order valence-corrected chi connectivity index (χ3v) is 2.96. The number of allylic oxidation sites excluding steroid dienone is 1. The van der Waals surface area contributed by atoms with Gasteiger partial charge in [0.2, 0.25) is 0 Å². The maximum absolute atomic E-state index is 12.1. The third kappa shape index (κ3) is 2.24. The number of hydrogen-bond acceptors (Lipinski definition) is 2. The number of aryl methyl sites for hydroxylation is 1. The molecule has 1 heterocycles. The molecule has 0 aliphatic rings. The average molecular weight is 249 g/mol. The van der Waals surface area contributed by atoms with E-state index in [1.165, 1.54) is 0 Å². The quantitative estimate of drug-likeness (QED) is 0.618. The second kappa shape index (κ2) is 4.72. The largest absolute Gasteiger partial charge is 0.301 e. The molecule has 3 nitrogen and oxygen atoms in total. The van der Waals surface area contributed by atoms with Crippen LogP contribution in [-0.4, -0.2) is 15.4 Å². The molecule has 0 radical (unpaired) electrons. The van der Waals surface area contributed by atoms with Crippen LogP contribution in [0, 0.1) is 6.92 Å². The molecule has 0 bridgehead atoms. The Hall–Kier alpha value is -1.61. The SMILES string of the molecule is C=C(CCl)Cn1c(=O)c(C)nc2ccccc21. The lowest BCUT2D eigenvalue weighted by molar-refractivity contribution is 0.767. The van der Waals surface area contributed by atoms with Crippen LogP contribution in [0.25, 0.3) is 11.0 Å². The standard InChI is InChI=1S/C13H13ClN2O/c1-9(7-14)8-16-12-6-4-3-5-11(12)15-10(2)13(16)17/h3-6H,1,7-8H2,2H3. The molecular formula is C13H13ClN2O. The number of halogens is 1. The summed E-state index contributed by atoms with van der Waals surface area (Å²) in [4.78, 5) is 16.3.